The Morgan fingerprint density at radius 3 is 2.50 bits per heavy atom. The molecule has 0 atom stereocenters. The van der Waals surface area contributed by atoms with Crippen molar-refractivity contribution < 1.29 is 4.52 Å². The maximum absolute atomic E-state index is 5.47. The zero-order chi connectivity index (χ0) is 16.4. The number of rotatable bonds is 4. The molecule has 1 aliphatic rings. The van der Waals surface area contributed by atoms with Crippen LogP contribution < -0.4 is 0 Å². The molecule has 0 spiro atoms. The van der Waals surface area contributed by atoms with E-state index in [-0.39, 0.29) is 0 Å². The van der Waals surface area contributed by atoms with E-state index in [0.717, 1.165) is 36.6 Å². The van der Waals surface area contributed by atoms with Gasteiger partial charge in [-0.1, -0.05) is 5.16 Å². The molecular formula is C19H22N4O. The first kappa shape index (κ1) is 15.1. The zero-order valence-electron chi connectivity index (χ0n) is 13.9. The average Bonchev–Trinajstić information content (AvgIpc) is 3.29. The highest BCUT2D eigenvalue weighted by Gasteiger charge is 2.19. The number of aromatic nitrogens is 3. The molecule has 0 saturated carbocycles. The number of hydrogen-bond donors (Lipinski definition) is 0. The van der Waals surface area contributed by atoms with Crippen LogP contribution in [-0.4, -0.2) is 39.7 Å². The van der Waals surface area contributed by atoms with Crippen LogP contribution in [0, 0.1) is 5.92 Å². The molecule has 1 aromatic carbocycles. The minimum Gasteiger partial charge on any atom is -0.334 e. The maximum atomic E-state index is 5.47. The lowest BCUT2D eigenvalue weighted by Crippen LogP contribution is -2.31. The van der Waals surface area contributed by atoms with Gasteiger partial charge in [0.2, 0.25) is 0 Å². The molecule has 0 bridgehead atoms. The molecule has 0 amide bonds. The molecule has 1 saturated heterocycles. The molecule has 124 valence electrons. The molecule has 0 N–H and O–H groups in total. The van der Waals surface area contributed by atoms with Gasteiger partial charge in [-0.25, -0.2) is 0 Å². The van der Waals surface area contributed by atoms with Gasteiger partial charge in [0.15, 0.2) is 5.82 Å². The largest absolute Gasteiger partial charge is 0.334 e. The van der Waals surface area contributed by atoms with E-state index in [1.165, 1.54) is 12.8 Å². The van der Waals surface area contributed by atoms with Crippen LogP contribution in [0.1, 0.15) is 18.7 Å². The quantitative estimate of drug-likeness (QED) is 0.738. The first-order chi connectivity index (χ1) is 11.8. The van der Waals surface area contributed by atoms with Crippen molar-refractivity contribution >= 4 is 0 Å². The summed E-state index contributed by atoms with van der Waals surface area (Å²) in [6, 6.07) is 12.2. The summed E-state index contributed by atoms with van der Waals surface area (Å²) in [5.74, 6) is 2.11. The fourth-order valence-corrected chi connectivity index (χ4v) is 3.26. The lowest BCUT2D eigenvalue weighted by atomic mass is 9.94. The van der Waals surface area contributed by atoms with Crippen LogP contribution >= 0.6 is 0 Å². The van der Waals surface area contributed by atoms with E-state index >= 15 is 0 Å². The first-order valence-corrected chi connectivity index (χ1v) is 8.53. The third-order valence-corrected chi connectivity index (χ3v) is 4.79. The minimum absolute atomic E-state index is 0.608. The van der Waals surface area contributed by atoms with E-state index in [4.69, 9.17) is 4.52 Å². The molecule has 4 rings (SSSR count). The Balaban J connectivity index is 1.44. The average molecular weight is 322 g/mol. The SMILES string of the molecule is CN1CCC(Cc2noc(-c3ccc(-n4cccc4)cc3)n2)CC1. The van der Waals surface area contributed by atoms with E-state index in [1.54, 1.807) is 0 Å². The van der Waals surface area contributed by atoms with Crippen LogP contribution in [0.2, 0.25) is 0 Å². The van der Waals surface area contributed by atoms with Crippen molar-refractivity contribution in [3.05, 3.63) is 54.6 Å². The lowest BCUT2D eigenvalue weighted by molar-refractivity contribution is 0.216. The van der Waals surface area contributed by atoms with Crippen LogP contribution in [0.3, 0.4) is 0 Å². The maximum Gasteiger partial charge on any atom is 0.257 e. The number of likely N-dealkylation sites (tertiary alicyclic amines) is 1. The second-order valence-electron chi connectivity index (χ2n) is 6.60. The van der Waals surface area contributed by atoms with Gasteiger partial charge < -0.3 is 14.0 Å². The van der Waals surface area contributed by atoms with Crippen LogP contribution in [0.25, 0.3) is 17.1 Å². The predicted octanol–water partition coefficient (Wildman–Crippen LogP) is 3.41. The van der Waals surface area contributed by atoms with Gasteiger partial charge in [-0.2, -0.15) is 4.98 Å². The van der Waals surface area contributed by atoms with E-state index < -0.39 is 0 Å². The third kappa shape index (κ3) is 3.26. The highest BCUT2D eigenvalue weighted by Crippen LogP contribution is 2.23. The molecule has 3 aromatic rings. The van der Waals surface area contributed by atoms with E-state index in [0.29, 0.717) is 11.8 Å². The summed E-state index contributed by atoms with van der Waals surface area (Å²) in [6.07, 6.45) is 7.40. The van der Waals surface area contributed by atoms with Gasteiger partial charge in [0.25, 0.3) is 5.89 Å². The van der Waals surface area contributed by atoms with E-state index in [9.17, 15) is 0 Å². The van der Waals surface area contributed by atoms with Gasteiger partial charge in [0, 0.05) is 30.1 Å². The smallest absolute Gasteiger partial charge is 0.257 e. The van der Waals surface area contributed by atoms with E-state index in [1.807, 2.05) is 36.7 Å². The van der Waals surface area contributed by atoms with Crippen molar-refractivity contribution in [1.29, 1.82) is 0 Å². The summed E-state index contributed by atoms with van der Waals surface area (Å²) in [5, 5.41) is 4.17. The molecule has 3 heterocycles. The minimum atomic E-state index is 0.608. The summed E-state index contributed by atoms with van der Waals surface area (Å²) in [5.41, 5.74) is 2.09. The Kier molecular flexibility index (Phi) is 4.17. The first-order valence-electron chi connectivity index (χ1n) is 8.53. The second-order valence-corrected chi connectivity index (χ2v) is 6.60. The van der Waals surface area contributed by atoms with Gasteiger partial charge in [-0.05, 0) is 75.3 Å². The molecule has 5 nitrogen and oxygen atoms in total. The van der Waals surface area contributed by atoms with Crippen molar-refractivity contribution in [2.75, 3.05) is 20.1 Å². The Bertz CT molecular complexity index is 768. The standard InChI is InChI=1S/C19H22N4O/c1-22-12-8-15(9-13-22)14-18-20-19(24-21-18)16-4-6-17(7-5-16)23-10-2-3-11-23/h2-7,10-11,15H,8-9,12-14H2,1H3. The highest BCUT2D eigenvalue weighted by atomic mass is 16.5. The highest BCUT2D eigenvalue weighted by molar-refractivity contribution is 5.55. The molecular weight excluding hydrogens is 300 g/mol. The van der Waals surface area contributed by atoms with Crippen LogP contribution in [0.5, 0.6) is 0 Å². The molecule has 0 aliphatic carbocycles. The van der Waals surface area contributed by atoms with Crippen molar-refractivity contribution in [3.63, 3.8) is 0 Å². The molecule has 5 heteroatoms. The van der Waals surface area contributed by atoms with E-state index in [2.05, 4.69) is 38.8 Å². The summed E-state index contributed by atoms with van der Waals surface area (Å²) < 4.78 is 7.54. The van der Waals surface area contributed by atoms with Gasteiger partial charge in [0.1, 0.15) is 0 Å². The second kappa shape index (κ2) is 6.61. The Labute approximate surface area is 141 Å². The summed E-state index contributed by atoms with van der Waals surface area (Å²) in [6.45, 7) is 2.33. The molecule has 24 heavy (non-hydrogen) atoms. The van der Waals surface area contributed by atoms with Crippen molar-refractivity contribution in [2.24, 2.45) is 5.92 Å². The number of hydrogen-bond acceptors (Lipinski definition) is 4. The Hall–Kier alpha value is -2.40. The van der Waals surface area contributed by atoms with Gasteiger partial charge in [-0.15, -0.1) is 0 Å². The van der Waals surface area contributed by atoms with Crippen molar-refractivity contribution in [2.45, 2.75) is 19.3 Å². The topological polar surface area (TPSA) is 47.1 Å². The van der Waals surface area contributed by atoms with Gasteiger partial charge in [-0.3, -0.25) is 0 Å². The van der Waals surface area contributed by atoms with Gasteiger partial charge >= 0.3 is 0 Å². The predicted molar refractivity (Wildman–Crippen MR) is 93.0 cm³/mol. The van der Waals surface area contributed by atoms with Crippen molar-refractivity contribution in [3.8, 4) is 17.1 Å². The number of nitrogens with zero attached hydrogens (tertiary/aromatic N) is 4. The van der Waals surface area contributed by atoms with Crippen LogP contribution in [0.15, 0.2) is 53.3 Å². The number of piperidine rings is 1. The monoisotopic (exact) mass is 322 g/mol. The molecule has 0 unspecified atom stereocenters. The summed E-state index contributed by atoms with van der Waals surface area (Å²) >= 11 is 0. The van der Waals surface area contributed by atoms with Gasteiger partial charge in [0.05, 0.1) is 0 Å². The molecule has 1 fully saturated rings. The fourth-order valence-electron chi connectivity index (χ4n) is 3.26. The molecule has 1 aliphatic heterocycles. The molecule has 2 aromatic heterocycles. The molecule has 0 radical (unpaired) electrons. The normalized spacial score (nSPS) is 16.5. The van der Waals surface area contributed by atoms with Crippen molar-refractivity contribution in [1.82, 2.24) is 19.6 Å². The number of benzene rings is 1. The Morgan fingerprint density at radius 2 is 1.79 bits per heavy atom. The Morgan fingerprint density at radius 1 is 1.08 bits per heavy atom. The fraction of sp³-hybridized carbons (Fsp3) is 0.368. The third-order valence-electron chi connectivity index (χ3n) is 4.79. The summed E-state index contributed by atoms with van der Waals surface area (Å²) in [7, 11) is 2.18. The summed E-state index contributed by atoms with van der Waals surface area (Å²) in [4.78, 5) is 6.97. The van der Waals surface area contributed by atoms with Crippen LogP contribution in [-0.2, 0) is 6.42 Å². The zero-order valence-corrected chi connectivity index (χ0v) is 13.9. The van der Waals surface area contributed by atoms with Crippen LogP contribution in [0.4, 0.5) is 0 Å². The lowest BCUT2D eigenvalue weighted by Gasteiger charge is -2.27.